The van der Waals surface area contributed by atoms with Crippen molar-refractivity contribution in [1.82, 2.24) is 4.90 Å². The molecule has 6 rings (SSSR count). The molecule has 1 heterocycles. The maximum atomic E-state index is 13.1. The fraction of sp³-hybridized carbons (Fsp3) is 0.889. The van der Waals surface area contributed by atoms with Crippen molar-refractivity contribution in [3.63, 3.8) is 0 Å². The minimum Gasteiger partial charge on any atom is -0.412 e. The lowest BCUT2D eigenvalue weighted by atomic mass is 9.46. The summed E-state index contributed by atoms with van der Waals surface area (Å²) in [7, 11) is 0. The molecule has 6 atom stereocenters. The van der Waals surface area contributed by atoms with Gasteiger partial charge >= 0.3 is 0 Å². The van der Waals surface area contributed by atoms with Gasteiger partial charge in [0, 0.05) is 6.04 Å². The predicted molar refractivity (Wildman–Crippen MR) is 97.3 cm³/mol. The van der Waals surface area contributed by atoms with Gasteiger partial charge in [0.2, 0.25) is 5.91 Å². The van der Waals surface area contributed by atoms with Gasteiger partial charge in [-0.25, -0.2) is 0 Å². The molecule has 0 aromatic heterocycles. The van der Waals surface area contributed by atoms with Crippen LogP contribution in [0.4, 0.5) is 0 Å². The number of hydrogen-bond acceptors (Lipinski definition) is 4. The third kappa shape index (κ3) is 2.83. The summed E-state index contributed by atoms with van der Waals surface area (Å²) in [5, 5.41) is 20.2. The number of rotatable bonds is 2. The van der Waals surface area contributed by atoms with Gasteiger partial charge in [-0.05, 0) is 74.5 Å². The minimum atomic E-state index is -0.594. The van der Waals surface area contributed by atoms with E-state index < -0.39 is 11.6 Å². The molecule has 0 spiro atoms. The number of nitriles is 1. The van der Waals surface area contributed by atoms with Crippen molar-refractivity contribution in [1.29, 1.82) is 5.26 Å². The first-order valence-electron chi connectivity index (χ1n) is 9.13. The lowest BCUT2D eigenvalue weighted by Crippen LogP contribution is -2.64. The van der Waals surface area contributed by atoms with Gasteiger partial charge in [0.1, 0.15) is 6.04 Å². The molecule has 7 N–H and O–H groups in total. The Labute approximate surface area is 159 Å². The molecule has 6 aliphatic rings. The van der Waals surface area contributed by atoms with Gasteiger partial charge in [-0.3, -0.25) is 4.79 Å². The summed E-state index contributed by atoms with van der Waals surface area (Å²) in [4.78, 5) is 14.9. The van der Waals surface area contributed by atoms with Crippen LogP contribution in [0, 0.1) is 34.5 Å². The average molecular weight is 388 g/mol. The van der Waals surface area contributed by atoms with Gasteiger partial charge < -0.3 is 26.7 Å². The molecule has 4 bridgehead atoms. The van der Waals surface area contributed by atoms with Crippen molar-refractivity contribution in [3.8, 4) is 6.07 Å². The lowest BCUT2D eigenvalue weighted by molar-refractivity contribution is -0.177. The highest BCUT2D eigenvalue weighted by Crippen LogP contribution is 2.63. The zero-order valence-electron chi connectivity index (χ0n) is 14.9. The molecule has 5 saturated carbocycles. The van der Waals surface area contributed by atoms with Gasteiger partial charge in [0.05, 0.1) is 17.7 Å². The van der Waals surface area contributed by atoms with E-state index in [9.17, 15) is 15.2 Å². The molecular formula is C18H30ClN3O4. The monoisotopic (exact) mass is 387 g/mol. The second-order valence-corrected chi connectivity index (χ2v) is 9.21. The van der Waals surface area contributed by atoms with E-state index in [-0.39, 0.29) is 46.8 Å². The van der Waals surface area contributed by atoms with Gasteiger partial charge in [-0.2, -0.15) is 5.26 Å². The van der Waals surface area contributed by atoms with Crippen LogP contribution in [0.1, 0.15) is 51.4 Å². The molecular weight excluding hydrogens is 358 g/mol. The SMILES string of the molecule is Cl.N#CC1CC2CC2N1C(=O)C(N)C12CC3CC(CC(O)(C3)C1)C2.O.O. The second kappa shape index (κ2) is 6.61. The van der Waals surface area contributed by atoms with Crippen LogP contribution < -0.4 is 5.73 Å². The zero-order chi connectivity index (χ0) is 16.0. The Morgan fingerprint density at radius 2 is 1.77 bits per heavy atom. The van der Waals surface area contributed by atoms with E-state index in [1.165, 1.54) is 6.42 Å². The largest absolute Gasteiger partial charge is 0.412 e. The number of nitrogens with two attached hydrogens (primary N) is 1. The summed E-state index contributed by atoms with van der Waals surface area (Å²) in [5.41, 5.74) is 5.71. The summed E-state index contributed by atoms with van der Waals surface area (Å²) < 4.78 is 0. The first-order chi connectivity index (χ1) is 10.9. The standard InChI is InChI=1S/C18H25N3O2.ClH.2H2O/c19-8-13-2-12-3-14(12)21(13)16(22)15(20)17-4-10-1-11(5-17)7-18(23,6-10)9-17;;;/h10-15,23H,1-7,9,20H2;1H;2*1H2. The fourth-order valence-corrected chi connectivity index (χ4v) is 6.96. The van der Waals surface area contributed by atoms with E-state index in [1.54, 1.807) is 4.90 Å². The number of aliphatic hydroxyl groups is 1. The smallest absolute Gasteiger partial charge is 0.241 e. The first kappa shape index (κ1) is 21.4. The van der Waals surface area contributed by atoms with Crippen molar-refractivity contribution >= 4 is 18.3 Å². The maximum Gasteiger partial charge on any atom is 0.241 e. The van der Waals surface area contributed by atoms with Crippen molar-refractivity contribution in [2.45, 2.75) is 75.1 Å². The predicted octanol–water partition coefficient (Wildman–Crippen LogP) is -0.0696. The number of carbonyl (C=O) groups is 1. The molecule has 5 aliphatic carbocycles. The van der Waals surface area contributed by atoms with Crippen LogP contribution in [-0.2, 0) is 4.79 Å². The van der Waals surface area contributed by atoms with E-state index in [4.69, 9.17) is 5.73 Å². The van der Waals surface area contributed by atoms with Crippen LogP contribution in [0.5, 0.6) is 0 Å². The summed E-state index contributed by atoms with van der Waals surface area (Å²) in [6.45, 7) is 0. The van der Waals surface area contributed by atoms with Crippen LogP contribution >= 0.6 is 12.4 Å². The van der Waals surface area contributed by atoms with Crippen LogP contribution in [0.15, 0.2) is 0 Å². The number of fused-ring (bicyclic) bond motifs is 1. The lowest BCUT2D eigenvalue weighted by Gasteiger charge is -2.61. The number of amides is 1. The molecule has 7 nitrogen and oxygen atoms in total. The number of halogens is 1. The van der Waals surface area contributed by atoms with Crippen molar-refractivity contribution in [2.24, 2.45) is 28.9 Å². The van der Waals surface area contributed by atoms with Gasteiger partial charge in [0.25, 0.3) is 0 Å². The van der Waals surface area contributed by atoms with E-state index in [2.05, 4.69) is 6.07 Å². The molecule has 1 amide bonds. The normalized spacial score (nSPS) is 47.6. The number of piperidine rings is 1. The van der Waals surface area contributed by atoms with Crippen molar-refractivity contribution in [2.75, 3.05) is 0 Å². The third-order valence-corrected chi connectivity index (χ3v) is 7.51. The summed E-state index contributed by atoms with van der Waals surface area (Å²) in [5.74, 6) is 1.56. The molecule has 8 heteroatoms. The minimum absolute atomic E-state index is 0. The van der Waals surface area contributed by atoms with Gasteiger partial charge in [0.15, 0.2) is 0 Å². The Bertz CT molecular complexity index is 610. The third-order valence-electron chi connectivity index (χ3n) is 7.51. The Kier molecular flexibility index (Phi) is 5.44. The molecule has 6 fully saturated rings. The molecule has 0 aromatic rings. The number of hydrogen-bond donors (Lipinski definition) is 2. The van der Waals surface area contributed by atoms with Crippen molar-refractivity contribution in [3.05, 3.63) is 0 Å². The number of carbonyl (C=O) groups excluding carboxylic acids is 1. The summed E-state index contributed by atoms with van der Waals surface area (Å²) in [6, 6.07) is 1.72. The van der Waals surface area contributed by atoms with Crippen LogP contribution in [0.25, 0.3) is 0 Å². The molecule has 1 aliphatic heterocycles. The van der Waals surface area contributed by atoms with Crippen LogP contribution in [0.2, 0.25) is 0 Å². The van der Waals surface area contributed by atoms with E-state index in [1.807, 2.05) is 0 Å². The number of likely N-dealkylation sites (tertiary alicyclic amines) is 1. The molecule has 0 aromatic carbocycles. The van der Waals surface area contributed by atoms with Crippen molar-refractivity contribution < 1.29 is 20.9 Å². The Hall–Kier alpha value is -0.910. The molecule has 1 saturated heterocycles. The highest BCUT2D eigenvalue weighted by atomic mass is 35.5. The fourth-order valence-electron chi connectivity index (χ4n) is 6.96. The Morgan fingerprint density at radius 1 is 1.15 bits per heavy atom. The Balaban J connectivity index is 0.000000810. The van der Waals surface area contributed by atoms with E-state index >= 15 is 0 Å². The summed E-state index contributed by atoms with van der Waals surface area (Å²) in [6.07, 6.45) is 7.48. The zero-order valence-corrected chi connectivity index (χ0v) is 15.7. The molecule has 0 radical (unpaired) electrons. The van der Waals surface area contributed by atoms with Gasteiger partial charge in [-0.15, -0.1) is 12.4 Å². The quantitative estimate of drug-likeness (QED) is 0.680. The van der Waals surface area contributed by atoms with Gasteiger partial charge in [-0.1, -0.05) is 0 Å². The van der Waals surface area contributed by atoms with E-state index in [0.29, 0.717) is 24.2 Å². The maximum absolute atomic E-state index is 13.1. The van der Waals surface area contributed by atoms with Crippen LogP contribution in [-0.4, -0.2) is 50.6 Å². The Morgan fingerprint density at radius 3 is 2.31 bits per heavy atom. The highest BCUT2D eigenvalue weighted by molar-refractivity contribution is 5.85. The molecule has 26 heavy (non-hydrogen) atoms. The first-order valence-corrected chi connectivity index (χ1v) is 9.13. The van der Waals surface area contributed by atoms with Crippen LogP contribution in [0.3, 0.4) is 0 Å². The average Bonchev–Trinajstić information content (AvgIpc) is 3.14. The topological polar surface area (TPSA) is 153 Å². The highest BCUT2D eigenvalue weighted by Gasteiger charge is 2.62. The second-order valence-electron chi connectivity index (χ2n) is 9.21. The summed E-state index contributed by atoms with van der Waals surface area (Å²) >= 11 is 0. The molecule has 148 valence electrons. The number of nitrogens with zero attached hydrogens (tertiary/aromatic N) is 2. The molecule has 6 unspecified atom stereocenters. The van der Waals surface area contributed by atoms with E-state index in [0.717, 1.165) is 38.5 Å².